The molecule has 0 aromatic heterocycles. The van der Waals surface area contributed by atoms with Crippen LogP contribution in [0.3, 0.4) is 0 Å². The van der Waals surface area contributed by atoms with Gasteiger partial charge in [-0.05, 0) is 24.6 Å². The van der Waals surface area contributed by atoms with Gasteiger partial charge in [0, 0.05) is 11.8 Å². The molecule has 2 heteroatoms. The summed E-state index contributed by atoms with van der Waals surface area (Å²) in [4.78, 5) is 0. The first-order valence-electron chi connectivity index (χ1n) is 4.08. The zero-order valence-electron chi connectivity index (χ0n) is 7.47. The molecule has 0 saturated heterocycles. The van der Waals surface area contributed by atoms with Gasteiger partial charge >= 0.3 is 0 Å². The lowest BCUT2D eigenvalue weighted by atomic mass is 10.1. The van der Waals surface area contributed by atoms with Gasteiger partial charge in [0.1, 0.15) is 5.75 Å². The summed E-state index contributed by atoms with van der Waals surface area (Å²) in [5, 5.41) is 10.3. The lowest BCUT2D eigenvalue weighted by molar-refractivity contribution is 0.473. The van der Waals surface area contributed by atoms with Crippen molar-refractivity contribution in [2.24, 2.45) is 0 Å². The standard InChI is InChI=1S/C11H11BrO/c1-9-5-6-11(13)10(8-9)4-2-3-7-12/h5-6,8,13H,3,7H2,1H3. The summed E-state index contributed by atoms with van der Waals surface area (Å²) in [6.45, 7) is 1.98. The topological polar surface area (TPSA) is 20.2 Å². The maximum Gasteiger partial charge on any atom is 0.131 e. The number of phenols is 1. The Morgan fingerprint density at radius 3 is 2.92 bits per heavy atom. The molecule has 1 aromatic rings. The van der Waals surface area contributed by atoms with Crippen molar-refractivity contribution in [1.82, 2.24) is 0 Å². The van der Waals surface area contributed by atoms with Crippen LogP contribution < -0.4 is 0 Å². The van der Waals surface area contributed by atoms with Crippen LogP contribution in [0.15, 0.2) is 18.2 Å². The molecule has 0 atom stereocenters. The van der Waals surface area contributed by atoms with Crippen LogP contribution >= 0.6 is 15.9 Å². The summed E-state index contributed by atoms with van der Waals surface area (Å²) in [7, 11) is 0. The first kappa shape index (κ1) is 10.1. The van der Waals surface area contributed by atoms with Gasteiger partial charge < -0.3 is 5.11 Å². The number of halogens is 1. The molecule has 0 bridgehead atoms. The van der Waals surface area contributed by atoms with Crippen LogP contribution in [0, 0.1) is 18.8 Å². The van der Waals surface area contributed by atoms with Crippen molar-refractivity contribution in [3.63, 3.8) is 0 Å². The molecule has 0 heterocycles. The molecule has 1 rings (SSSR count). The minimum absolute atomic E-state index is 0.257. The lowest BCUT2D eigenvalue weighted by Gasteiger charge is -1.97. The molecule has 0 aliphatic rings. The molecule has 0 amide bonds. The van der Waals surface area contributed by atoms with E-state index in [1.165, 1.54) is 0 Å². The number of aromatic hydroxyl groups is 1. The van der Waals surface area contributed by atoms with Crippen LogP contribution in [-0.4, -0.2) is 10.4 Å². The molecule has 0 fully saturated rings. The lowest BCUT2D eigenvalue weighted by Crippen LogP contribution is -1.79. The largest absolute Gasteiger partial charge is 0.507 e. The highest BCUT2D eigenvalue weighted by atomic mass is 79.9. The van der Waals surface area contributed by atoms with E-state index in [1.54, 1.807) is 6.07 Å². The molecule has 0 saturated carbocycles. The summed E-state index contributed by atoms with van der Waals surface area (Å²) in [5.74, 6) is 6.14. The van der Waals surface area contributed by atoms with Crippen LogP contribution in [0.25, 0.3) is 0 Å². The zero-order chi connectivity index (χ0) is 9.68. The van der Waals surface area contributed by atoms with E-state index in [2.05, 4.69) is 27.8 Å². The smallest absolute Gasteiger partial charge is 0.131 e. The van der Waals surface area contributed by atoms with Gasteiger partial charge in [-0.15, -0.1) is 0 Å². The van der Waals surface area contributed by atoms with E-state index in [0.29, 0.717) is 5.56 Å². The summed E-state index contributed by atoms with van der Waals surface area (Å²) >= 11 is 3.29. The van der Waals surface area contributed by atoms with Crippen LogP contribution in [0.4, 0.5) is 0 Å². The normalized spacial score (nSPS) is 9.08. The van der Waals surface area contributed by atoms with Gasteiger partial charge in [0.05, 0.1) is 5.56 Å². The molecule has 0 aliphatic heterocycles. The van der Waals surface area contributed by atoms with Crippen LogP contribution in [0.5, 0.6) is 5.75 Å². The van der Waals surface area contributed by atoms with Crippen molar-refractivity contribution in [3.8, 4) is 17.6 Å². The van der Waals surface area contributed by atoms with E-state index in [0.717, 1.165) is 17.3 Å². The third kappa shape index (κ3) is 3.12. The molecular formula is C11H11BrO. The number of hydrogen-bond acceptors (Lipinski definition) is 1. The Labute approximate surface area is 86.9 Å². The number of phenolic OH excluding ortho intramolecular Hbond substituents is 1. The fourth-order valence-electron chi connectivity index (χ4n) is 0.955. The predicted molar refractivity (Wildman–Crippen MR) is 58.1 cm³/mol. The summed E-state index contributed by atoms with van der Waals surface area (Å²) in [5.41, 5.74) is 1.82. The SMILES string of the molecule is Cc1ccc(O)c(C#CCCBr)c1. The minimum atomic E-state index is 0.257. The van der Waals surface area contributed by atoms with E-state index in [4.69, 9.17) is 0 Å². The summed E-state index contributed by atoms with van der Waals surface area (Å²) in [6, 6.07) is 5.43. The number of alkyl halides is 1. The van der Waals surface area contributed by atoms with Gasteiger partial charge in [-0.2, -0.15) is 0 Å². The molecular weight excluding hydrogens is 228 g/mol. The Hall–Kier alpha value is -0.940. The Bertz CT molecular complexity index is 347. The minimum Gasteiger partial charge on any atom is -0.507 e. The molecule has 0 unspecified atom stereocenters. The van der Waals surface area contributed by atoms with E-state index in [-0.39, 0.29) is 5.75 Å². The van der Waals surface area contributed by atoms with Crippen molar-refractivity contribution < 1.29 is 5.11 Å². The monoisotopic (exact) mass is 238 g/mol. The maximum atomic E-state index is 9.42. The van der Waals surface area contributed by atoms with Crippen LogP contribution in [0.1, 0.15) is 17.5 Å². The molecule has 68 valence electrons. The van der Waals surface area contributed by atoms with Gasteiger partial charge in [0.2, 0.25) is 0 Å². The highest BCUT2D eigenvalue weighted by Gasteiger charge is 1.95. The number of benzene rings is 1. The van der Waals surface area contributed by atoms with Crippen molar-refractivity contribution in [3.05, 3.63) is 29.3 Å². The highest BCUT2D eigenvalue weighted by molar-refractivity contribution is 9.09. The van der Waals surface area contributed by atoms with Crippen molar-refractivity contribution >= 4 is 15.9 Å². The Morgan fingerprint density at radius 2 is 2.23 bits per heavy atom. The predicted octanol–water partition coefficient (Wildman–Crippen LogP) is 2.84. The first-order chi connectivity index (χ1) is 6.24. The van der Waals surface area contributed by atoms with Crippen molar-refractivity contribution in [2.45, 2.75) is 13.3 Å². The number of aryl methyl sites for hydroxylation is 1. The van der Waals surface area contributed by atoms with Gasteiger partial charge in [0.15, 0.2) is 0 Å². The van der Waals surface area contributed by atoms with Gasteiger partial charge in [-0.3, -0.25) is 0 Å². The van der Waals surface area contributed by atoms with E-state index in [9.17, 15) is 5.11 Å². The van der Waals surface area contributed by atoms with Gasteiger partial charge in [-0.1, -0.05) is 33.8 Å². The van der Waals surface area contributed by atoms with E-state index in [1.807, 2.05) is 19.1 Å². The van der Waals surface area contributed by atoms with Crippen molar-refractivity contribution in [1.29, 1.82) is 0 Å². The maximum absolute atomic E-state index is 9.42. The molecule has 13 heavy (non-hydrogen) atoms. The average molecular weight is 239 g/mol. The fourth-order valence-corrected chi connectivity index (χ4v) is 1.15. The molecule has 1 N–H and O–H groups in total. The van der Waals surface area contributed by atoms with E-state index >= 15 is 0 Å². The quantitative estimate of drug-likeness (QED) is 0.590. The Balaban J connectivity index is 2.89. The van der Waals surface area contributed by atoms with Crippen LogP contribution in [-0.2, 0) is 0 Å². The average Bonchev–Trinajstić information content (AvgIpc) is 2.11. The second-order valence-corrected chi connectivity index (χ2v) is 3.55. The third-order valence-corrected chi connectivity index (χ3v) is 1.99. The van der Waals surface area contributed by atoms with Crippen molar-refractivity contribution in [2.75, 3.05) is 5.33 Å². The number of hydrogen-bond donors (Lipinski definition) is 1. The second-order valence-electron chi connectivity index (χ2n) is 2.76. The zero-order valence-corrected chi connectivity index (χ0v) is 9.06. The molecule has 0 spiro atoms. The van der Waals surface area contributed by atoms with Crippen LogP contribution in [0.2, 0.25) is 0 Å². The molecule has 1 nitrogen and oxygen atoms in total. The third-order valence-electron chi connectivity index (χ3n) is 1.59. The molecule has 0 aliphatic carbocycles. The summed E-state index contributed by atoms with van der Waals surface area (Å²) in [6.07, 6.45) is 0.799. The highest BCUT2D eigenvalue weighted by Crippen LogP contribution is 2.16. The second kappa shape index (κ2) is 4.94. The Morgan fingerprint density at radius 1 is 1.46 bits per heavy atom. The summed E-state index contributed by atoms with van der Waals surface area (Å²) < 4.78 is 0. The fraction of sp³-hybridized carbons (Fsp3) is 0.273. The molecule has 0 radical (unpaired) electrons. The Kier molecular flexibility index (Phi) is 3.85. The first-order valence-corrected chi connectivity index (χ1v) is 5.20. The number of rotatable bonds is 1. The van der Waals surface area contributed by atoms with Gasteiger partial charge in [0.25, 0.3) is 0 Å². The van der Waals surface area contributed by atoms with Gasteiger partial charge in [-0.25, -0.2) is 0 Å². The van der Waals surface area contributed by atoms with E-state index < -0.39 is 0 Å². The molecule has 1 aromatic carbocycles.